The third-order valence-corrected chi connectivity index (χ3v) is 4.20. The van der Waals surface area contributed by atoms with E-state index in [2.05, 4.69) is 56.7 Å². The highest BCUT2D eigenvalue weighted by Gasteiger charge is 2.26. The first-order valence-corrected chi connectivity index (χ1v) is 7.17. The summed E-state index contributed by atoms with van der Waals surface area (Å²) in [6, 6.07) is 12.5. The summed E-state index contributed by atoms with van der Waals surface area (Å²) in [4.78, 5) is 2.30. The second-order valence-corrected chi connectivity index (χ2v) is 5.51. The van der Waals surface area contributed by atoms with E-state index in [0.717, 1.165) is 25.3 Å². The fourth-order valence-corrected chi connectivity index (χ4v) is 3.08. The van der Waals surface area contributed by atoms with Crippen molar-refractivity contribution in [2.45, 2.75) is 19.3 Å². The van der Waals surface area contributed by atoms with E-state index in [-0.39, 0.29) is 0 Å². The minimum atomic E-state index is 0.567. The molecule has 1 atom stereocenters. The van der Waals surface area contributed by atoms with Gasteiger partial charge in [-0.3, -0.25) is 0 Å². The summed E-state index contributed by atoms with van der Waals surface area (Å²) in [6.45, 7) is 4.19. The summed E-state index contributed by atoms with van der Waals surface area (Å²) in [5.74, 6) is 1.50. The highest BCUT2D eigenvalue weighted by molar-refractivity contribution is 5.46. The number of nitrogens with zero attached hydrogens (tertiary/aromatic N) is 6. The molecule has 1 fully saturated rings. The van der Waals surface area contributed by atoms with E-state index < -0.39 is 0 Å². The summed E-state index contributed by atoms with van der Waals surface area (Å²) < 4.78 is 1.48. The Morgan fingerprint density at radius 2 is 2.05 bits per heavy atom. The van der Waals surface area contributed by atoms with Gasteiger partial charge in [-0.15, -0.1) is 14.8 Å². The number of aryl methyl sites for hydroxylation is 1. The van der Waals surface area contributed by atoms with Crippen molar-refractivity contribution in [1.82, 2.24) is 25.3 Å². The van der Waals surface area contributed by atoms with E-state index in [1.807, 2.05) is 12.1 Å². The van der Waals surface area contributed by atoms with Gasteiger partial charge in [-0.2, -0.15) is 0 Å². The fraction of sp³-hybridized carbons (Fsp3) is 0.333. The first-order valence-electron chi connectivity index (χ1n) is 7.17. The number of tetrazole rings is 1. The van der Waals surface area contributed by atoms with Crippen LogP contribution in [0.15, 0.2) is 36.4 Å². The second-order valence-electron chi connectivity index (χ2n) is 5.51. The Morgan fingerprint density at radius 3 is 2.95 bits per heavy atom. The lowest BCUT2D eigenvalue weighted by Crippen LogP contribution is -2.21. The number of aromatic nitrogens is 5. The van der Waals surface area contributed by atoms with Crippen molar-refractivity contribution in [2.75, 3.05) is 18.0 Å². The minimum Gasteiger partial charge on any atom is -0.354 e. The zero-order valence-electron chi connectivity index (χ0n) is 11.8. The van der Waals surface area contributed by atoms with Crippen LogP contribution in [-0.2, 0) is 0 Å². The van der Waals surface area contributed by atoms with Gasteiger partial charge in [0.2, 0.25) is 0 Å². The molecule has 0 radical (unpaired) electrons. The molecule has 0 N–H and O–H groups in total. The average Bonchev–Trinajstić information content (AvgIpc) is 3.16. The van der Waals surface area contributed by atoms with Crippen LogP contribution in [-0.4, -0.2) is 38.3 Å². The van der Waals surface area contributed by atoms with Crippen LogP contribution in [0.5, 0.6) is 0 Å². The number of hydrogen-bond donors (Lipinski definition) is 0. The molecule has 0 spiro atoms. The molecule has 1 aromatic carbocycles. The molecule has 6 nitrogen and oxygen atoms in total. The van der Waals surface area contributed by atoms with Gasteiger partial charge in [-0.05, 0) is 47.0 Å². The van der Waals surface area contributed by atoms with Crippen molar-refractivity contribution in [3.8, 4) is 0 Å². The van der Waals surface area contributed by atoms with Crippen LogP contribution in [0.25, 0.3) is 5.65 Å². The molecule has 1 aliphatic rings. The van der Waals surface area contributed by atoms with Gasteiger partial charge in [-0.1, -0.05) is 24.3 Å². The quantitative estimate of drug-likeness (QED) is 0.716. The topological polar surface area (TPSA) is 59.2 Å². The molecule has 1 saturated heterocycles. The summed E-state index contributed by atoms with van der Waals surface area (Å²) in [6.07, 6.45) is 1.15. The normalized spacial score (nSPS) is 18.5. The Balaban J connectivity index is 1.59. The first-order chi connectivity index (χ1) is 10.3. The maximum Gasteiger partial charge on any atom is 0.200 e. The van der Waals surface area contributed by atoms with Crippen LogP contribution in [0.4, 0.5) is 5.82 Å². The molecule has 2 aromatic heterocycles. The molecule has 0 aliphatic carbocycles. The van der Waals surface area contributed by atoms with Crippen LogP contribution in [0.1, 0.15) is 23.5 Å². The standard InChI is InChI=1S/C15H16N6/c1-11-4-2-3-5-13(11)12-8-9-20(10-12)15-7-6-14-16-18-19-21(14)17-15/h2-7,12H,8-10H2,1H3. The van der Waals surface area contributed by atoms with Crippen molar-refractivity contribution in [3.05, 3.63) is 47.5 Å². The van der Waals surface area contributed by atoms with Crippen LogP contribution < -0.4 is 4.90 Å². The van der Waals surface area contributed by atoms with Gasteiger partial charge >= 0.3 is 0 Å². The predicted molar refractivity (Wildman–Crippen MR) is 79.3 cm³/mol. The number of hydrogen-bond acceptors (Lipinski definition) is 5. The van der Waals surface area contributed by atoms with Gasteiger partial charge in [0, 0.05) is 19.0 Å². The van der Waals surface area contributed by atoms with Gasteiger partial charge in [0.25, 0.3) is 0 Å². The van der Waals surface area contributed by atoms with Crippen molar-refractivity contribution < 1.29 is 0 Å². The molecule has 4 rings (SSSR count). The van der Waals surface area contributed by atoms with Crippen molar-refractivity contribution >= 4 is 11.5 Å². The van der Waals surface area contributed by atoms with Crippen molar-refractivity contribution in [2.24, 2.45) is 0 Å². The fourth-order valence-electron chi connectivity index (χ4n) is 3.08. The Morgan fingerprint density at radius 1 is 1.14 bits per heavy atom. The number of anilines is 1. The summed E-state index contributed by atoms with van der Waals surface area (Å²) in [7, 11) is 0. The lowest BCUT2D eigenvalue weighted by Gasteiger charge is -2.18. The van der Waals surface area contributed by atoms with Gasteiger partial charge in [0.05, 0.1) is 0 Å². The third-order valence-electron chi connectivity index (χ3n) is 4.20. The number of rotatable bonds is 2. The maximum absolute atomic E-state index is 4.47. The smallest absolute Gasteiger partial charge is 0.200 e. The summed E-state index contributed by atoms with van der Waals surface area (Å²) in [5.41, 5.74) is 3.49. The van der Waals surface area contributed by atoms with Crippen LogP contribution >= 0.6 is 0 Å². The molecule has 0 bridgehead atoms. The Kier molecular flexibility index (Phi) is 2.80. The molecular formula is C15H16N6. The lowest BCUT2D eigenvalue weighted by atomic mass is 9.94. The molecule has 106 valence electrons. The van der Waals surface area contributed by atoms with Crippen molar-refractivity contribution in [3.63, 3.8) is 0 Å². The zero-order valence-corrected chi connectivity index (χ0v) is 11.8. The van der Waals surface area contributed by atoms with Gasteiger partial charge in [-0.25, -0.2) is 0 Å². The van der Waals surface area contributed by atoms with E-state index in [0.29, 0.717) is 11.6 Å². The molecule has 0 amide bonds. The molecule has 21 heavy (non-hydrogen) atoms. The monoisotopic (exact) mass is 280 g/mol. The largest absolute Gasteiger partial charge is 0.354 e. The predicted octanol–water partition coefficient (Wildman–Crippen LogP) is 1.82. The molecule has 6 heteroatoms. The molecule has 3 aromatic rings. The SMILES string of the molecule is Cc1ccccc1C1CCN(c2ccc3nnnn3n2)C1. The van der Waals surface area contributed by atoms with Crippen molar-refractivity contribution in [1.29, 1.82) is 0 Å². The van der Waals surface area contributed by atoms with Gasteiger partial charge in [0.1, 0.15) is 0 Å². The Hall–Kier alpha value is -2.50. The summed E-state index contributed by atoms with van der Waals surface area (Å²) >= 11 is 0. The van der Waals surface area contributed by atoms with E-state index >= 15 is 0 Å². The summed E-state index contributed by atoms with van der Waals surface area (Å²) in [5, 5.41) is 15.8. The van der Waals surface area contributed by atoms with E-state index in [1.54, 1.807) is 0 Å². The number of fused-ring (bicyclic) bond motifs is 1. The Labute approximate surface area is 122 Å². The van der Waals surface area contributed by atoms with Gasteiger partial charge < -0.3 is 4.90 Å². The lowest BCUT2D eigenvalue weighted by molar-refractivity contribution is 0.719. The average molecular weight is 280 g/mol. The first kappa shape index (κ1) is 12.3. The minimum absolute atomic E-state index is 0.567. The number of benzene rings is 1. The molecule has 1 aliphatic heterocycles. The van der Waals surface area contributed by atoms with E-state index in [4.69, 9.17) is 0 Å². The molecule has 3 heterocycles. The molecular weight excluding hydrogens is 264 g/mol. The van der Waals surface area contributed by atoms with Crippen LogP contribution in [0.3, 0.4) is 0 Å². The van der Waals surface area contributed by atoms with E-state index in [9.17, 15) is 0 Å². The van der Waals surface area contributed by atoms with E-state index in [1.165, 1.54) is 15.8 Å². The maximum atomic E-state index is 4.47. The van der Waals surface area contributed by atoms with Gasteiger partial charge in [0.15, 0.2) is 11.5 Å². The second kappa shape index (κ2) is 4.80. The Bertz CT molecular complexity index is 780. The third kappa shape index (κ3) is 2.12. The highest BCUT2D eigenvalue weighted by atomic mass is 15.6. The van der Waals surface area contributed by atoms with Crippen LogP contribution in [0.2, 0.25) is 0 Å². The molecule has 1 unspecified atom stereocenters. The highest BCUT2D eigenvalue weighted by Crippen LogP contribution is 2.31. The zero-order chi connectivity index (χ0) is 14.2. The van der Waals surface area contributed by atoms with Crippen LogP contribution in [0, 0.1) is 6.92 Å². The molecule has 0 saturated carbocycles.